The molecule has 0 aliphatic carbocycles. The molecular formula is C13H11NO3. The molecule has 2 aromatic rings. The number of aromatic hydroxyl groups is 2. The van der Waals surface area contributed by atoms with E-state index in [0.717, 1.165) is 0 Å². The van der Waals surface area contributed by atoms with Gasteiger partial charge in [0.25, 0.3) is 5.69 Å². The highest BCUT2D eigenvalue weighted by Gasteiger charge is 2.07. The first kappa shape index (κ1) is 11.0. The largest absolute Gasteiger partial charge is 0.618 e. The van der Waals surface area contributed by atoms with Crippen LogP contribution in [0.2, 0.25) is 0 Å². The van der Waals surface area contributed by atoms with E-state index >= 15 is 0 Å². The fraction of sp³-hybridized carbons (Fsp3) is 0. The molecule has 0 aliphatic rings. The van der Waals surface area contributed by atoms with Gasteiger partial charge >= 0.3 is 0 Å². The summed E-state index contributed by atoms with van der Waals surface area (Å²) in [5, 5.41) is 30.4. The van der Waals surface area contributed by atoms with Gasteiger partial charge in [-0.1, -0.05) is 12.1 Å². The fourth-order valence-corrected chi connectivity index (χ4v) is 1.42. The highest BCUT2D eigenvalue weighted by atomic mass is 16.5. The van der Waals surface area contributed by atoms with Crippen molar-refractivity contribution in [2.45, 2.75) is 0 Å². The zero-order valence-electron chi connectivity index (χ0n) is 8.95. The maximum Gasteiger partial charge on any atom is 0.258 e. The summed E-state index contributed by atoms with van der Waals surface area (Å²) in [5.41, 5.74) is 0.821. The summed E-state index contributed by atoms with van der Waals surface area (Å²) in [6.45, 7) is 0. The molecule has 0 unspecified atom stereocenters. The number of phenols is 2. The minimum absolute atomic E-state index is 0.0717. The smallest absolute Gasteiger partial charge is 0.258 e. The number of phenolic OH excluding ortho intramolecular Hbond substituents is 2. The van der Waals surface area contributed by atoms with E-state index in [9.17, 15) is 10.3 Å². The molecule has 0 atom stereocenters. The maximum absolute atomic E-state index is 11.8. The SMILES string of the molecule is [O-][N+](=Cc1ccc(O)cc1)c1ccccc1O. The third-order valence-electron chi connectivity index (χ3n) is 2.28. The van der Waals surface area contributed by atoms with Gasteiger partial charge in [0.15, 0.2) is 12.0 Å². The second-order valence-electron chi connectivity index (χ2n) is 3.54. The van der Waals surface area contributed by atoms with Crippen LogP contribution in [0.3, 0.4) is 0 Å². The molecule has 0 heterocycles. The molecule has 0 amide bonds. The Morgan fingerprint density at radius 2 is 1.59 bits per heavy atom. The Morgan fingerprint density at radius 3 is 2.24 bits per heavy atom. The molecule has 0 radical (unpaired) electrons. The van der Waals surface area contributed by atoms with Gasteiger partial charge in [0.2, 0.25) is 0 Å². The van der Waals surface area contributed by atoms with Crippen LogP contribution in [0.15, 0.2) is 48.5 Å². The molecule has 0 saturated carbocycles. The van der Waals surface area contributed by atoms with Gasteiger partial charge in [-0.15, -0.1) is 0 Å². The van der Waals surface area contributed by atoms with Gasteiger partial charge in [0, 0.05) is 11.6 Å². The van der Waals surface area contributed by atoms with Crippen molar-refractivity contribution in [3.63, 3.8) is 0 Å². The second kappa shape index (κ2) is 4.57. The standard InChI is InChI=1S/C13H11NO3/c15-11-7-5-10(6-8-11)9-14(17)12-3-1-2-4-13(12)16/h1-9,15-16H. The molecule has 2 rings (SSSR count). The van der Waals surface area contributed by atoms with E-state index in [2.05, 4.69) is 0 Å². The molecular weight excluding hydrogens is 218 g/mol. The first-order valence-electron chi connectivity index (χ1n) is 5.05. The average molecular weight is 229 g/mol. The predicted molar refractivity (Wildman–Crippen MR) is 64.7 cm³/mol. The van der Waals surface area contributed by atoms with Crippen LogP contribution in [-0.4, -0.2) is 21.2 Å². The number of hydrogen-bond acceptors (Lipinski definition) is 3. The molecule has 86 valence electrons. The van der Waals surface area contributed by atoms with E-state index in [-0.39, 0.29) is 17.2 Å². The van der Waals surface area contributed by atoms with Gasteiger partial charge in [0.1, 0.15) is 5.75 Å². The van der Waals surface area contributed by atoms with E-state index in [1.807, 2.05) is 0 Å². The quantitative estimate of drug-likeness (QED) is 0.359. The van der Waals surface area contributed by atoms with Gasteiger partial charge in [-0.3, -0.25) is 0 Å². The number of rotatable bonds is 2. The normalized spacial score (nSPS) is 11.4. The van der Waals surface area contributed by atoms with Crippen LogP contribution >= 0.6 is 0 Å². The molecule has 0 aliphatic heterocycles. The molecule has 4 nitrogen and oxygen atoms in total. The summed E-state index contributed by atoms with van der Waals surface area (Å²) in [7, 11) is 0. The molecule has 0 aromatic heterocycles. The Balaban J connectivity index is 2.34. The summed E-state index contributed by atoms with van der Waals surface area (Å²) in [4.78, 5) is 0. The number of nitrogens with zero attached hydrogens (tertiary/aromatic N) is 1. The van der Waals surface area contributed by atoms with Crippen molar-refractivity contribution in [3.05, 3.63) is 59.3 Å². The molecule has 0 saturated heterocycles. The van der Waals surface area contributed by atoms with Crippen molar-refractivity contribution in [3.8, 4) is 11.5 Å². The molecule has 2 aromatic carbocycles. The average Bonchev–Trinajstić information content (AvgIpc) is 2.32. The molecule has 4 heteroatoms. The highest BCUT2D eigenvalue weighted by molar-refractivity contribution is 5.77. The van der Waals surface area contributed by atoms with Gasteiger partial charge in [0.05, 0.1) is 0 Å². The van der Waals surface area contributed by atoms with Crippen LogP contribution in [-0.2, 0) is 0 Å². The maximum atomic E-state index is 11.8. The van der Waals surface area contributed by atoms with Crippen molar-refractivity contribution in [2.24, 2.45) is 0 Å². The van der Waals surface area contributed by atoms with Crippen molar-refractivity contribution in [1.29, 1.82) is 0 Å². The Labute approximate surface area is 98.3 Å². The van der Waals surface area contributed by atoms with Crippen LogP contribution in [0.1, 0.15) is 5.56 Å². The van der Waals surface area contributed by atoms with Crippen LogP contribution in [0.25, 0.3) is 0 Å². The lowest BCUT2D eigenvalue weighted by Gasteiger charge is -2.04. The van der Waals surface area contributed by atoms with Crippen LogP contribution in [0, 0.1) is 5.21 Å². The summed E-state index contributed by atoms with van der Waals surface area (Å²) in [6, 6.07) is 12.5. The zero-order chi connectivity index (χ0) is 12.3. The third-order valence-corrected chi connectivity index (χ3v) is 2.28. The van der Waals surface area contributed by atoms with Crippen molar-refractivity contribution < 1.29 is 15.0 Å². The monoisotopic (exact) mass is 229 g/mol. The van der Waals surface area contributed by atoms with Crippen LogP contribution in [0.4, 0.5) is 5.69 Å². The molecule has 0 fully saturated rings. The second-order valence-corrected chi connectivity index (χ2v) is 3.54. The number of hydrogen-bond donors (Lipinski definition) is 2. The summed E-state index contributed by atoms with van der Waals surface area (Å²) in [6.07, 6.45) is 1.33. The minimum Gasteiger partial charge on any atom is -0.618 e. The first-order valence-corrected chi connectivity index (χ1v) is 5.05. The Kier molecular flexibility index (Phi) is 2.96. The van der Waals surface area contributed by atoms with Crippen LogP contribution in [0.5, 0.6) is 11.5 Å². The van der Waals surface area contributed by atoms with Gasteiger partial charge in [-0.2, -0.15) is 4.74 Å². The number of benzene rings is 2. The van der Waals surface area contributed by atoms with Crippen molar-refractivity contribution in [2.75, 3.05) is 0 Å². The fourth-order valence-electron chi connectivity index (χ4n) is 1.42. The molecule has 0 spiro atoms. The minimum atomic E-state index is -0.0717. The van der Waals surface area contributed by atoms with E-state index < -0.39 is 0 Å². The predicted octanol–water partition coefficient (Wildman–Crippen LogP) is 2.36. The molecule has 2 N–H and O–H groups in total. The summed E-state index contributed by atoms with van der Waals surface area (Å²) < 4.78 is 0.585. The lowest BCUT2D eigenvalue weighted by Crippen LogP contribution is -1.98. The van der Waals surface area contributed by atoms with Gasteiger partial charge < -0.3 is 15.4 Å². The Bertz CT molecular complexity index is 547. The van der Waals surface area contributed by atoms with Gasteiger partial charge in [-0.25, -0.2) is 0 Å². The Morgan fingerprint density at radius 1 is 0.941 bits per heavy atom. The van der Waals surface area contributed by atoms with E-state index in [0.29, 0.717) is 10.3 Å². The topological polar surface area (TPSA) is 66.5 Å². The van der Waals surface area contributed by atoms with E-state index in [1.54, 1.807) is 24.3 Å². The molecule has 0 bridgehead atoms. The first-order chi connectivity index (χ1) is 8.16. The van der Waals surface area contributed by atoms with E-state index in [1.165, 1.54) is 30.5 Å². The van der Waals surface area contributed by atoms with Crippen LogP contribution < -0.4 is 0 Å². The summed E-state index contributed by atoms with van der Waals surface area (Å²) in [5.74, 6) is 0.0692. The van der Waals surface area contributed by atoms with E-state index in [4.69, 9.17) is 5.11 Å². The molecule has 17 heavy (non-hydrogen) atoms. The van der Waals surface area contributed by atoms with Crippen molar-refractivity contribution in [1.82, 2.24) is 0 Å². The van der Waals surface area contributed by atoms with Gasteiger partial charge in [-0.05, 0) is 30.3 Å². The lowest BCUT2D eigenvalue weighted by atomic mass is 10.2. The lowest BCUT2D eigenvalue weighted by molar-refractivity contribution is -0.355. The third kappa shape index (κ3) is 2.55. The zero-order valence-corrected chi connectivity index (χ0v) is 8.95. The number of para-hydroxylation sites is 2. The summed E-state index contributed by atoms with van der Waals surface area (Å²) >= 11 is 0. The van der Waals surface area contributed by atoms with Crippen molar-refractivity contribution >= 4 is 11.9 Å². The Hall–Kier alpha value is -2.49. The highest BCUT2D eigenvalue weighted by Crippen LogP contribution is 2.24.